The summed E-state index contributed by atoms with van der Waals surface area (Å²) in [6, 6.07) is 12.2. The Morgan fingerprint density at radius 1 is 1.26 bits per heavy atom. The number of nitrogens with zero attached hydrogens (tertiary/aromatic N) is 2. The van der Waals surface area contributed by atoms with E-state index < -0.39 is 0 Å². The van der Waals surface area contributed by atoms with Crippen LogP contribution in [-0.4, -0.2) is 4.57 Å². The molecule has 2 aromatic rings. The molecule has 1 heterocycles. The first-order chi connectivity index (χ1) is 9.02. The number of nitriles is 1. The average molecular weight is 315 g/mol. The predicted molar refractivity (Wildman–Crippen MR) is 82.5 cm³/mol. The lowest BCUT2D eigenvalue weighted by Crippen LogP contribution is -1.92. The average Bonchev–Trinajstić information content (AvgIpc) is 2.65. The van der Waals surface area contributed by atoms with E-state index in [-0.39, 0.29) is 0 Å². The van der Waals surface area contributed by atoms with Gasteiger partial charge in [-0.3, -0.25) is 0 Å². The van der Waals surface area contributed by atoms with Gasteiger partial charge in [0, 0.05) is 22.9 Å². The Morgan fingerprint density at radius 2 is 1.89 bits per heavy atom. The van der Waals surface area contributed by atoms with Crippen molar-refractivity contribution in [2.75, 3.05) is 0 Å². The molecule has 0 spiro atoms. The van der Waals surface area contributed by atoms with Crippen molar-refractivity contribution in [1.82, 2.24) is 4.57 Å². The Kier molecular flexibility index (Phi) is 3.92. The number of halogens is 1. The number of hydrogen-bond donors (Lipinski definition) is 0. The summed E-state index contributed by atoms with van der Waals surface area (Å²) >= 11 is 3.40. The van der Waals surface area contributed by atoms with Crippen molar-refractivity contribution >= 4 is 27.6 Å². The summed E-state index contributed by atoms with van der Waals surface area (Å²) in [5, 5.41) is 9.34. The van der Waals surface area contributed by atoms with Crippen molar-refractivity contribution < 1.29 is 0 Å². The molecule has 0 amide bonds. The normalized spacial score (nSPS) is 11.4. The summed E-state index contributed by atoms with van der Waals surface area (Å²) in [5.74, 6) is 0. The van der Waals surface area contributed by atoms with Gasteiger partial charge in [-0.1, -0.05) is 28.1 Å². The molecule has 0 bridgehead atoms. The number of aromatic nitrogens is 1. The lowest BCUT2D eigenvalue weighted by atomic mass is 10.0. The van der Waals surface area contributed by atoms with Gasteiger partial charge >= 0.3 is 0 Å². The maximum atomic E-state index is 9.34. The topological polar surface area (TPSA) is 28.7 Å². The Morgan fingerprint density at radius 3 is 2.37 bits per heavy atom. The highest BCUT2D eigenvalue weighted by molar-refractivity contribution is 9.10. The standard InChI is InChI=1S/C16H15BrN2/c1-11-8-14(12(2)19(11)3)9-15(10-18)13-4-6-16(17)7-5-13/h4-9H,1-3H3/b15-9-. The first-order valence-electron chi connectivity index (χ1n) is 6.03. The van der Waals surface area contributed by atoms with Crippen LogP contribution in [0.2, 0.25) is 0 Å². The zero-order chi connectivity index (χ0) is 14.0. The van der Waals surface area contributed by atoms with Crippen molar-refractivity contribution in [3.05, 3.63) is 57.3 Å². The molecule has 0 aliphatic carbocycles. The third kappa shape index (κ3) is 2.80. The highest BCUT2D eigenvalue weighted by Gasteiger charge is 2.06. The van der Waals surface area contributed by atoms with E-state index in [2.05, 4.69) is 46.5 Å². The largest absolute Gasteiger partial charge is 0.352 e. The van der Waals surface area contributed by atoms with Crippen LogP contribution in [0.1, 0.15) is 22.5 Å². The SMILES string of the molecule is Cc1cc(/C=C(/C#N)c2ccc(Br)cc2)c(C)n1C. The summed E-state index contributed by atoms with van der Waals surface area (Å²) in [5.41, 5.74) is 5.08. The van der Waals surface area contributed by atoms with Crippen LogP contribution < -0.4 is 0 Å². The highest BCUT2D eigenvalue weighted by atomic mass is 79.9. The van der Waals surface area contributed by atoms with Gasteiger partial charge in [0.05, 0.1) is 11.6 Å². The van der Waals surface area contributed by atoms with Crippen molar-refractivity contribution in [1.29, 1.82) is 5.26 Å². The second-order valence-electron chi connectivity index (χ2n) is 4.56. The predicted octanol–water partition coefficient (Wildman–Crippen LogP) is 4.47. The number of aryl methyl sites for hydroxylation is 1. The molecule has 0 aliphatic rings. The molecule has 1 aromatic carbocycles. The molecule has 3 heteroatoms. The molecule has 0 saturated carbocycles. The van der Waals surface area contributed by atoms with Crippen LogP contribution in [0.5, 0.6) is 0 Å². The second kappa shape index (κ2) is 5.46. The zero-order valence-electron chi connectivity index (χ0n) is 11.2. The minimum Gasteiger partial charge on any atom is -0.352 e. The Hall–Kier alpha value is -1.79. The summed E-state index contributed by atoms with van der Waals surface area (Å²) in [7, 11) is 2.04. The van der Waals surface area contributed by atoms with Crippen LogP contribution >= 0.6 is 15.9 Å². The highest BCUT2D eigenvalue weighted by Crippen LogP contribution is 2.23. The van der Waals surface area contributed by atoms with Gasteiger partial charge in [-0.25, -0.2) is 0 Å². The summed E-state index contributed by atoms with van der Waals surface area (Å²) < 4.78 is 3.14. The first-order valence-corrected chi connectivity index (χ1v) is 6.83. The van der Waals surface area contributed by atoms with Crippen LogP contribution in [0.3, 0.4) is 0 Å². The molecule has 0 unspecified atom stereocenters. The first kappa shape index (κ1) is 13.6. The van der Waals surface area contributed by atoms with E-state index in [1.165, 1.54) is 11.4 Å². The summed E-state index contributed by atoms with van der Waals surface area (Å²) in [4.78, 5) is 0. The fraction of sp³-hybridized carbons (Fsp3) is 0.188. The molecule has 2 rings (SSSR count). The van der Waals surface area contributed by atoms with Crippen molar-refractivity contribution in [3.63, 3.8) is 0 Å². The smallest absolute Gasteiger partial charge is 0.0998 e. The third-order valence-electron chi connectivity index (χ3n) is 3.39. The van der Waals surface area contributed by atoms with Crippen LogP contribution in [0.15, 0.2) is 34.8 Å². The van der Waals surface area contributed by atoms with Gasteiger partial charge in [-0.2, -0.15) is 5.26 Å². The molecular formula is C16H15BrN2. The van der Waals surface area contributed by atoms with E-state index in [1.54, 1.807) is 0 Å². The lowest BCUT2D eigenvalue weighted by molar-refractivity contribution is 0.843. The van der Waals surface area contributed by atoms with E-state index in [0.29, 0.717) is 5.57 Å². The minimum absolute atomic E-state index is 0.682. The molecule has 0 saturated heterocycles. The van der Waals surface area contributed by atoms with Gasteiger partial charge in [-0.15, -0.1) is 0 Å². The van der Waals surface area contributed by atoms with Gasteiger partial charge in [0.25, 0.3) is 0 Å². The van der Waals surface area contributed by atoms with E-state index in [0.717, 1.165) is 15.6 Å². The zero-order valence-corrected chi connectivity index (χ0v) is 12.8. The molecule has 1 aromatic heterocycles. The van der Waals surface area contributed by atoms with Gasteiger partial charge in [0.2, 0.25) is 0 Å². The van der Waals surface area contributed by atoms with Crippen molar-refractivity contribution in [2.24, 2.45) is 7.05 Å². The monoisotopic (exact) mass is 314 g/mol. The van der Waals surface area contributed by atoms with E-state index >= 15 is 0 Å². The number of allylic oxidation sites excluding steroid dienone is 1. The molecule has 2 nitrogen and oxygen atoms in total. The fourth-order valence-corrected chi connectivity index (χ4v) is 2.26. The number of benzene rings is 1. The Labute approximate surface area is 122 Å². The molecular weight excluding hydrogens is 300 g/mol. The summed E-state index contributed by atoms with van der Waals surface area (Å²) in [6.07, 6.45) is 1.95. The van der Waals surface area contributed by atoms with Crippen LogP contribution in [-0.2, 0) is 7.05 Å². The molecule has 96 valence electrons. The Bertz CT molecular complexity index is 670. The van der Waals surface area contributed by atoms with E-state index in [4.69, 9.17) is 0 Å². The van der Waals surface area contributed by atoms with Crippen LogP contribution in [0, 0.1) is 25.2 Å². The molecule has 0 atom stereocenters. The van der Waals surface area contributed by atoms with E-state index in [9.17, 15) is 5.26 Å². The number of rotatable bonds is 2. The van der Waals surface area contributed by atoms with Gasteiger partial charge in [0.15, 0.2) is 0 Å². The lowest BCUT2D eigenvalue weighted by Gasteiger charge is -2.01. The maximum Gasteiger partial charge on any atom is 0.0998 e. The number of hydrogen-bond acceptors (Lipinski definition) is 1. The minimum atomic E-state index is 0.682. The summed E-state index contributed by atoms with van der Waals surface area (Å²) in [6.45, 7) is 4.13. The third-order valence-corrected chi connectivity index (χ3v) is 3.92. The Balaban J connectivity index is 2.47. The quantitative estimate of drug-likeness (QED) is 0.752. The van der Waals surface area contributed by atoms with Crippen LogP contribution in [0.25, 0.3) is 11.6 Å². The molecule has 19 heavy (non-hydrogen) atoms. The molecule has 0 radical (unpaired) electrons. The molecule has 0 N–H and O–H groups in total. The van der Waals surface area contributed by atoms with Crippen LogP contribution in [0.4, 0.5) is 0 Å². The molecule has 0 aliphatic heterocycles. The van der Waals surface area contributed by atoms with Crippen molar-refractivity contribution in [2.45, 2.75) is 13.8 Å². The fourth-order valence-electron chi connectivity index (χ4n) is 2.00. The van der Waals surface area contributed by atoms with Gasteiger partial charge in [-0.05, 0) is 49.2 Å². The molecule has 0 fully saturated rings. The maximum absolute atomic E-state index is 9.34. The van der Waals surface area contributed by atoms with Gasteiger partial charge in [0.1, 0.15) is 0 Å². The van der Waals surface area contributed by atoms with E-state index in [1.807, 2.05) is 37.4 Å². The second-order valence-corrected chi connectivity index (χ2v) is 5.48. The van der Waals surface area contributed by atoms with Gasteiger partial charge < -0.3 is 4.57 Å². The van der Waals surface area contributed by atoms with Crippen molar-refractivity contribution in [3.8, 4) is 6.07 Å².